The Morgan fingerprint density at radius 2 is 2.14 bits per heavy atom. The van der Waals surface area contributed by atoms with Gasteiger partial charge in [-0.3, -0.25) is 9.58 Å². The van der Waals surface area contributed by atoms with Crippen molar-refractivity contribution in [3.8, 4) is 0 Å². The van der Waals surface area contributed by atoms with E-state index in [2.05, 4.69) is 70.5 Å². The molecule has 1 aromatic rings. The molecule has 1 fully saturated rings. The van der Waals surface area contributed by atoms with Gasteiger partial charge in [0.25, 0.3) is 0 Å². The maximum absolute atomic E-state index is 4.63. The molecule has 4 nitrogen and oxygen atoms in total. The first-order valence-electron chi connectivity index (χ1n) is 8.17. The van der Waals surface area contributed by atoms with Gasteiger partial charge in [-0.15, -0.1) is 0 Å². The van der Waals surface area contributed by atoms with Crippen molar-refractivity contribution in [2.45, 2.75) is 66.2 Å². The number of aryl methyl sites for hydroxylation is 2. The Morgan fingerprint density at radius 3 is 2.76 bits per heavy atom. The number of halogens is 1. The molecule has 3 atom stereocenters. The standard InChI is InChI=1S/C16H29BrN4/c1-6-11(3)14-8-18-12(4)9-20(14)10-15-16(17)13(5)19-21(15)7-2/h11-12,14,18H,6-10H2,1-5H3. The lowest BCUT2D eigenvalue weighted by atomic mass is 9.94. The summed E-state index contributed by atoms with van der Waals surface area (Å²) in [5.41, 5.74) is 2.41. The predicted molar refractivity (Wildman–Crippen MR) is 91.5 cm³/mol. The molecule has 1 aromatic heterocycles. The summed E-state index contributed by atoms with van der Waals surface area (Å²) < 4.78 is 3.32. The van der Waals surface area contributed by atoms with E-state index in [-0.39, 0.29) is 0 Å². The van der Waals surface area contributed by atoms with Crippen molar-refractivity contribution in [1.82, 2.24) is 20.0 Å². The van der Waals surface area contributed by atoms with E-state index in [0.29, 0.717) is 18.0 Å². The second kappa shape index (κ2) is 7.25. The van der Waals surface area contributed by atoms with Crippen LogP contribution in [0.3, 0.4) is 0 Å². The third kappa shape index (κ3) is 3.69. The van der Waals surface area contributed by atoms with Gasteiger partial charge in [0.1, 0.15) is 0 Å². The van der Waals surface area contributed by atoms with Crippen LogP contribution in [-0.4, -0.2) is 39.9 Å². The predicted octanol–water partition coefficient (Wildman–Crippen LogP) is 3.18. The summed E-state index contributed by atoms with van der Waals surface area (Å²) in [6, 6.07) is 1.17. The summed E-state index contributed by atoms with van der Waals surface area (Å²) >= 11 is 3.73. The fraction of sp³-hybridized carbons (Fsp3) is 0.812. The summed E-state index contributed by atoms with van der Waals surface area (Å²) in [5, 5.41) is 8.27. The molecule has 0 bridgehead atoms. The first kappa shape index (κ1) is 17.0. The van der Waals surface area contributed by atoms with Gasteiger partial charge in [-0.25, -0.2) is 0 Å². The number of rotatable bonds is 5. The molecule has 5 heteroatoms. The lowest BCUT2D eigenvalue weighted by Gasteiger charge is -2.42. The summed E-state index contributed by atoms with van der Waals surface area (Å²) in [5.74, 6) is 0.711. The van der Waals surface area contributed by atoms with Crippen LogP contribution in [0, 0.1) is 12.8 Å². The SMILES string of the molecule is CCC(C)C1CNC(C)CN1Cc1c(Br)c(C)nn1CC. The molecule has 0 amide bonds. The van der Waals surface area contributed by atoms with E-state index < -0.39 is 0 Å². The van der Waals surface area contributed by atoms with Gasteiger partial charge in [-0.2, -0.15) is 5.10 Å². The Bertz CT molecular complexity index is 471. The fourth-order valence-electron chi connectivity index (χ4n) is 3.23. The van der Waals surface area contributed by atoms with Crippen LogP contribution in [0.15, 0.2) is 4.47 Å². The quantitative estimate of drug-likeness (QED) is 0.879. The average Bonchev–Trinajstić information content (AvgIpc) is 2.74. The number of hydrogen-bond acceptors (Lipinski definition) is 3. The highest BCUT2D eigenvalue weighted by molar-refractivity contribution is 9.10. The number of aromatic nitrogens is 2. The molecule has 1 aliphatic heterocycles. The highest BCUT2D eigenvalue weighted by Gasteiger charge is 2.30. The zero-order chi connectivity index (χ0) is 15.6. The molecular formula is C16H29BrN4. The van der Waals surface area contributed by atoms with Crippen LogP contribution in [0.2, 0.25) is 0 Å². The Hall–Kier alpha value is -0.390. The van der Waals surface area contributed by atoms with Crippen molar-refractivity contribution in [1.29, 1.82) is 0 Å². The zero-order valence-electron chi connectivity index (χ0n) is 14.0. The van der Waals surface area contributed by atoms with Gasteiger partial charge in [0, 0.05) is 38.3 Å². The van der Waals surface area contributed by atoms with Crippen LogP contribution in [0.5, 0.6) is 0 Å². The molecule has 0 spiro atoms. The van der Waals surface area contributed by atoms with Crippen molar-refractivity contribution in [3.63, 3.8) is 0 Å². The van der Waals surface area contributed by atoms with Gasteiger partial charge in [0.05, 0.1) is 15.9 Å². The van der Waals surface area contributed by atoms with Crippen LogP contribution in [0.25, 0.3) is 0 Å². The molecule has 120 valence electrons. The highest BCUT2D eigenvalue weighted by atomic mass is 79.9. The lowest BCUT2D eigenvalue weighted by molar-refractivity contribution is 0.0856. The van der Waals surface area contributed by atoms with Gasteiger partial charge in [0.15, 0.2) is 0 Å². The van der Waals surface area contributed by atoms with Crippen LogP contribution in [0.4, 0.5) is 0 Å². The second-order valence-corrected chi connectivity index (χ2v) is 7.15. The largest absolute Gasteiger partial charge is 0.311 e. The minimum Gasteiger partial charge on any atom is -0.311 e. The normalized spacial score (nSPS) is 25.2. The molecule has 21 heavy (non-hydrogen) atoms. The van der Waals surface area contributed by atoms with Gasteiger partial charge >= 0.3 is 0 Å². The topological polar surface area (TPSA) is 33.1 Å². The van der Waals surface area contributed by atoms with Crippen LogP contribution >= 0.6 is 15.9 Å². The molecular weight excluding hydrogens is 328 g/mol. The smallest absolute Gasteiger partial charge is 0.0739 e. The minimum atomic E-state index is 0.558. The molecule has 0 aliphatic carbocycles. The molecule has 1 saturated heterocycles. The van der Waals surface area contributed by atoms with Crippen molar-refractivity contribution < 1.29 is 0 Å². The Kier molecular flexibility index (Phi) is 5.86. The van der Waals surface area contributed by atoms with E-state index in [1.165, 1.54) is 16.6 Å². The van der Waals surface area contributed by atoms with Crippen molar-refractivity contribution >= 4 is 15.9 Å². The van der Waals surface area contributed by atoms with E-state index in [1.54, 1.807) is 0 Å². The zero-order valence-corrected chi connectivity index (χ0v) is 15.6. The van der Waals surface area contributed by atoms with Gasteiger partial charge in [-0.05, 0) is 42.6 Å². The van der Waals surface area contributed by atoms with Gasteiger partial charge < -0.3 is 5.32 Å². The van der Waals surface area contributed by atoms with Crippen LogP contribution in [0.1, 0.15) is 45.5 Å². The maximum Gasteiger partial charge on any atom is 0.0739 e. The maximum atomic E-state index is 4.63. The highest BCUT2D eigenvalue weighted by Crippen LogP contribution is 2.26. The number of nitrogens with zero attached hydrogens (tertiary/aromatic N) is 3. The second-order valence-electron chi connectivity index (χ2n) is 6.35. The number of hydrogen-bond donors (Lipinski definition) is 1. The molecule has 3 unspecified atom stereocenters. The minimum absolute atomic E-state index is 0.558. The summed E-state index contributed by atoms with van der Waals surface area (Å²) in [4.78, 5) is 2.64. The fourth-order valence-corrected chi connectivity index (χ4v) is 3.64. The molecule has 2 rings (SSSR count). The van der Waals surface area contributed by atoms with Gasteiger partial charge in [-0.1, -0.05) is 20.3 Å². The average molecular weight is 357 g/mol. The van der Waals surface area contributed by atoms with E-state index in [0.717, 1.165) is 31.9 Å². The number of nitrogens with one attached hydrogen (secondary N) is 1. The molecule has 0 saturated carbocycles. The molecule has 2 heterocycles. The summed E-state index contributed by atoms with van der Waals surface area (Å²) in [7, 11) is 0. The Morgan fingerprint density at radius 1 is 1.43 bits per heavy atom. The number of piperazine rings is 1. The Labute approximate surface area is 137 Å². The lowest BCUT2D eigenvalue weighted by Crippen LogP contribution is -2.57. The first-order valence-corrected chi connectivity index (χ1v) is 8.96. The molecule has 0 radical (unpaired) electrons. The monoisotopic (exact) mass is 356 g/mol. The van der Waals surface area contributed by atoms with Crippen molar-refractivity contribution in [2.24, 2.45) is 5.92 Å². The molecule has 0 aromatic carbocycles. The molecule has 1 aliphatic rings. The van der Waals surface area contributed by atoms with E-state index in [1.807, 2.05) is 0 Å². The Balaban J connectivity index is 2.22. The third-order valence-electron chi connectivity index (χ3n) is 4.76. The summed E-state index contributed by atoms with van der Waals surface area (Å²) in [6.45, 7) is 15.3. The van der Waals surface area contributed by atoms with Gasteiger partial charge in [0.2, 0.25) is 0 Å². The van der Waals surface area contributed by atoms with E-state index >= 15 is 0 Å². The third-order valence-corrected chi connectivity index (χ3v) is 5.79. The van der Waals surface area contributed by atoms with E-state index in [9.17, 15) is 0 Å². The molecule has 1 N–H and O–H groups in total. The van der Waals surface area contributed by atoms with Crippen molar-refractivity contribution in [3.05, 3.63) is 15.9 Å². The summed E-state index contributed by atoms with van der Waals surface area (Å²) in [6.07, 6.45) is 1.23. The van der Waals surface area contributed by atoms with Crippen LogP contribution < -0.4 is 5.32 Å². The van der Waals surface area contributed by atoms with Crippen molar-refractivity contribution in [2.75, 3.05) is 13.1 Å². The first-order chi connectivity index (χ1) is 9.97. The van der Waals surface area contributed by atoms with Crippen LogP contribution in [-0.2, 0) is 13.1 Å². The van der Waals surface area contributed by atoms with E-state index in [4.69, 9.17) is 0 Å².